The lowest BCUT2D eigenvalue weighted by atomic mass is 9.74. The molecule has 3 aliphatic rings. The first kappa shape index (κ1) is 30.9. The van der Waals surface area contributed by atoms with E-state index in [-0.39, 0.29) is 36.2 Å². The van der Waals surface area contributed by atoms with Crippen molar-refractivity contribution in [3.63, 3.8) is 0 Å². The number of aliphatic hydroxyl groups is 3. The van der Waals surface area contributed by atoms with Crippen LogP contribution in [0.2, 0.25) is 0 Å². The number of anilines is 1. The van der Waals surface area contributed by atoms with Crippen molar-refractivity contribution >= 4 is 5.69 Å². The van der Waals surface area contributed by atoms with Gasteiger partial charge in [0.05, 0.1) is 39.1 Å². The van der Waals surface area contributed by atoms with Gasteiger partial charge in [0, 0.05) is 52.5 Å². The van der Waals surface area contributed by atoms with Gasteiger partial charge in [0.15, 0.2) is 17.7 Å². The van der Waals surface area contributed by atoms with E-state index < -0.39 is 24.4 Å². The highest BCUT2D eigenvalue weighted by Crippen LogP contribution is 2.57. The molecule has 11 nitrogen and oxygen atoms in total. The van der Waals surface area contributed by atoms with E-state index in [0.29, 0.717) is 58.8 Å². The minimum absolute atomic E-state index is 0.0932. The molecule has 2 aliphatic heterocycles. The minimum Gasteiger partial charge on any atom is -0.507 e. The first-order chi connectivity index (χ1) is 22.8. The fraction of sp³-hybridized carbons (Fsp3) is 0.333. The van der Waals surface area contributed by atoms with Gasteiger partial charge in [0.25, 0.3) is 0 Å². The molecule has 4 unspecified atom stereocenters. The van der Waals surface area contributed by atoms with Crippen LogP contribution in [0.4, 0.5) is 5.69 Å². The van der Waals surface area contributed by atoms with Crippen LogP contribution in [0.3, 0.4) is 0 Å². The number of hydrogen-bond acceptors (Lipinski definition) is 11. The van der Waals surface area contributed by atoms with Crippen LogP contribution in [0.5, 0.6) is 34.5 Å². The molecule has 0 amide bonds. The average molecular weight is 643 g/mol. The van der Waals surface area contributed by atoms with E-state index in [1.165, 1.54) is 14.2 Å². The lowest BCUT2D eigenvalue weighted by Crippen LogP contribution is -2.29. The number of hydrogen-bond donors (Lipinski definition) is 7. The molecule has 4 aromatic rings. The summed E-state index contributed by atoms with van der Waals surface area (Å²) in [6.07, 6.45) is -1.51. The van der Waals surface area contributed by atoms with Crippen LogP contribution in [0.15, 0.2) is 48.5 Å². The summed E-state index contributed by atoms with van der Waals surface area (Å²) >= 11 is 0. The van der Waals surface area contributed by atoms with Crippen molar-refractivity contribution < 1.29 is 44.5 Å². The van der Waals surface area contributed by atoms with Crippen LogP contribution in [-0.4, -0.2) is 60.0 Å². The number of likely N-dealkylation sites (N-methyl/N-ethyl adjacent to an activating group) is 1. The lowest BCUT2D eigenvalue weighted by molar-refractivity contribution is 0.0878. The third-order valence-corrected chi connectivity index (χ3v) is 9.48. The standard InChI is InChI=1S/C36H38N2O9/c1-37-14-29(18-6-4-5-17(9-18)15-39)47-25-13-24(40)33-32-20(25)7-8-21-30(32)23(38-36(33)43)12-26-31(21)34(41)22(16-46-26)19-10-27(44-2)35(42)28(11-19)45-3/h4-6,9-13,22,29,34,36-43H,7-8,14-16H2,1-3H3. The number of benzene rings is 4. The second-order valence-corrected chi connectivity index (χ2v) is 12.1. The van der Waals surface area contributed by atoms with E-state index in [2.05, 4.69) is 10.6 Å². The van der Waals surface area contributed by atoms with Crippen molar-refractivity contribution in [3.8, 4) is 45.6 Å². The fourth-order valence-electron chi connectivity index (χ4n) is 7.25. The molecule has 2 heterocycles. The molecule has 0 saturated heterocycles. The maximum Gasteiger partial charge on any atom is 0.200 e. The van der Waals surface area contributed by atoms with Gasteiger partial charge in [-0.05, 0) is 60.3 Å². The topological polar surface area (TPSA) is 162 Å². The first-order valence-corrected chi connectivity index (χ1v) is 15.6. The fourth-order valence-corrected chi connectivity index (χ4v) is 7.25. The number of aromatic hydroxyl groups is 2. The first-order valence-electron chi connectivity index (χ1n) is 15.6. The van der Waals surface area contributed by atoms with Crippen molar-refractivity contribution in [2.75, 3.05) is 39.7 Å². The number of phenols is 2. The molecular formula is C36H38N2O9. The van der Waals surface area contributed by atoms with E-state index in [0.717, 1.165) is 27.8 Å². The van der Waals surface area contributed by atoms with Gasteiger partial charge in [-0.25, -0.2) is 0 Å². The second-order valence-electron chi connectivity index (χ2n) is 12.1. The summed E-state index contributed by atoms with van der Waals surface area (Å²) < 4.78 is 23.6. The number of phenolic OH excluding ortho intramolecular Hbond substituents is 2. The molecule has 1 aliphatic carbocycles. The predicted octanol–water partition coefficient (Wildman–Crippen LogP) is 4.34. The quantitative estimate of drug-likeness (QED) is 0.139. The smallest absolute Gasteiger partial charge is 0.200 e. The lowest BCUT2D eigenvalue weighted by Gasteiger charge is -2.39. The van der Waals surface area contributed by atoms with Crippen molar-refractivity contribution in [2.45, 2.75) is 43.8 Å². The highest BCUT2D eigenvalue weighted by Gasteiger charge is 2.41. The van der Waals surface area contributed by atoms with Crippen LogP contribution in [0.25, 0.3) is 11.1 Å². The van der Waals surface area contributed by atoms with Crippen LogP contribution in [0, 0.1) is 0 Å². The van der Waals surface area contributed by atoms with Crippen LogP contribution >= 0.6 is 0 Å². The minimum atomic E-state index is -1.18. The number of nitrogens with one attached hydrogen (secondary N) is 2. The number of ether oxygens (including phenoxy) is 4. The molecule has 11 heteroatoms. The Morgan fingerprint density at radius 2 is 1.68 bits per heavy atom. The Kier molecular flexibility index (Phi) is 8.01. The Labute approximate surface area is 271 Å². The molecule has 7 rings (SSSR count). The molecular weight excluding hydrogens is 604 g/mol. The maximum absolute atomic E-state index is 12.0. The zero-order valence-corrected chi connectivity index (χ0v) is 26.3. The summed E-state index contributed by atoms with van der Waals surface area (Å²) in [7, 11) is 4.74. The molecule has 47 heavy (non-hydrogen) atoms. The Hall–Kier alpha value is -4.68. The number of fused-ring (bicyclic) bond motifs is 2. The maximum atomic E-state index is 12.0. The SMILES string of the molecule is CNCC(Oc1cc(O)c2c3c1CCc1c-3c(cc3c1C(O)C(c1cc(OC)c(O)c(OC)c1)CO3)NC2O)c1cccc(CO)c1. The molecule has 0 radical (unpaired) electrons. The Morgan fingerprint density at radius 3 is 2.38 bits per heavy atom. The van der Waals surface area contributed by atoms with Crippen molar-refractivity contribution in [1.29, 1.82) is 0 Å². The van der Waals surface area contributed by atoms with Crippen molar-refractivity contribution in [2.24, 2.45) is 0 Å². The van der Waals surface area contributed by atoms with Gasteiger partial charge in [-0.15, -0.1) is 0 Å². The molecule has 0 aromatic heterocycles. The summed E-state index contributed by atoms with van der Waals surface area (Å²) in [5.41, 5.74) is 7.12. The highest BCUT2D eigenvalue weighted by atomic mass is 16.5. The Bertz CT molecular complexity index is 1830. The van der Waals surface area contributed by atoms with E-state index >= 15 is 0 Å². The molecule has 0 fully saturated rings. The zero-order chi connectivity index (χ0) is 33.0. The van der Waals surface area contributed by atoms with Crippen LogP contribution in [-0.2, 0) is 19.4 Å². The molecule has 7 N–H and O–H groups in total. The highest BCUT2D eigenvalue weighted by molar-refractivity contribution is 5.93. The van der Waals surface area contributed by atoms with Crippen LogP contribution in [0.1, 0.15) is 63.3 Å². The van der Waals surface area contributed by atoms with Crippen molar-refractivity contribution in [1.82, 2.24) is 5.32 Å². The van der Waals surface area contributed by atoms with E-state index in [1.54, 1.807) is 24.3 Å². The third kappa shape index (κ3) is 5.06. The Balaban J connectivity index is 1.34. The summed E-state index contributed by atoms with van der Waals surface area (Å²) in [5, 5.41) is 61.0. The number of rotatable bonds is 9. The summed E-state index contributed by atoms with van der Waals surface area (Å²) in [5.74, 6) is 0.730. The third-order valence-electron chi connectivity index (χ3n) is 9.48. The zero-order valence-electron chi connectivity index (χ0n) is 26.3. The van der Waals surface area contributed by atoms with Gasteiger partial charge < -0.3 is 55.1 Å². The summed E-state index contributed by atoms with van der Waals surface area (Å²) in [6, 6.07) is 14.3. The molecule has 246 valence electrons. The number of aliphatic hydroxyl groups excluding tert-OH is 3. The van der Waals surface area contributed by atoms with Gasteiger partial charge in [0.2, 0.25) is 5.75 Å². The molecule has 0 bridgehead atoms. The molecule has 0 spiro atoms. The monoisotopic (exact) mass is 642 g/mol. The molecule has 4 atom stereocenters. The molecule has 0 saturated carbocycles. The summed E-state index contributed by atoms with van der Waals surface area (Å²) in [6.45, 7) is 0.546. The second kappa shape index (κ2) is 12.2. The van der Waals surface area contributed by atoms with Crippen molar-refractivity contribution in [3.05, 3.63) is 87.5 Å². The van der Waals surface area contributed by atoms with Gasteiger partial charge in [-0.3, -0.25) is 0 Å². The average Bonchev–Trinajstić information content (AvgIpc) is 3.07. The van der Waals surface area contributed by atoms with E-state index in [9.17, 15) is 25.5 Å². The summed E-state index contributed by atoms with van der Waals surface area (Å²) in [4.78, 5) is 0. The predicted molar refractivity (Wildman–Crippen MR) is 174 cm³/mol. The van der Waals surface area contributed by atoms with E-state index in [4.69, 9.17) is 18.9 Å². The van der Waals surface area contributed by atoms with E-state index in [1.807, 2.05) is 31.3 Å². The van der Waals surface area contributed by atoms with Gasteiger partial charge in [-0.2, -0.15) is 0 Å². The van der Waals surface area contributed by atoms with Gasteiger partial charge in [-0.1, -0.05) is 18.2 Å². The largest absolute Gasteiger partial charge is 0.507 e. The Morgan fingerprint density at radius 1 is 0.936 bits per heavy atom. The molecule has 4 aromatic carbocycles. The van der Waals surface area contributed by atoms with Gasteiger partial charge in [0.1, 0.15) is 23.4 Å². The van der Waals surface area contributed by atoms with Crippen LogP contribution < -0.4 is 29.6 Å². The van der Waals surface area contributed by atoms with Gasteiger partial charge >= 0.3 is 0 Å². The normalized spacial score (nSPS) is 19.5. The number of methoxy groups -OCH3 is 2.